The first kappa shape index (κ1) is 13.0. The van der Waals surface area contributed by atoms with E-state index >= 15 is 0 Å². The van der Waals surface area contributed by atoms with Gasteiger partial charge >= 0.3 is 0 Å². The van der Waals surface area contributed by atoms with Gasteiger partial charge in [-0.05, 0) is 44.9 Å². The predicted molar refractivity (Wildman–Crippen MR) is 66.0 cm³/mol. The van der Waals surface area contributed by atoms with Crippen LogP contribution < -0.4 is 0 Å². The van der Waals surface area contributed by atoms with Crippen LogP contribution >= 0.6 is 0 Å². The van der Waals surface area contributed by atoms with E-state index in [0.717, 1.165) is 51.7 Å². The van der Waals surface area contributed by atoms with E-state index in [2.05, 4.69) is 0 Å². The van der Waals surface area contributed by atoms with Gasteiger partial charge in [-0.3, -0.25) is 4.79 Å². The number of ether oxygens (including phenoxy) is 2. The van der Waals surface area contributed by atoms with Crippen LogP contribution in [-0.2, 0) is 14.3 Å². The molecular formula is C14H24O3. The maximum Gasteiger partial charge on any atom is 0.133 e. The summed E-state index contributed by atoms with van der Waals surface area (Å²) in [5.41, 5.74) is 0. The third kappa shape index (κ3) is 4.76. The second-order valence-electron chi connectivity index (χ2n) is 5.24. The molecule has 0 aliphatic carbocycles. The van der Waals surface area contributed by atoms with E-state index in [4.69, 9.17) is 9.47 Å². The van der Waals surface area contributed by atoms with Crippen molar-refractivity contribution in [2.24, 2.45) is 0 Å². The largest absolute Gasteiger partial charge is 0.378 e. The molecule has 0 aromatic rings. The Labute approximate surface area is 104 Å². The van der Waals surface area contributed by atoms with Gasteiger partial charge in [0.25, 0.3) is 0 Å². The minimum atomic E-state index is 0.358. The first-order chi connectivity index (χ1) is 8.34. The van der Waals surface area contributed by atoms with Crippen molar-refractivity contribution < 1.29 is 14.3 Å². The second kappa shape index (κ2) is 7.12. The Balaban J connectivity index is 1.48. The predicted octanol–water partition coefficient (Wildman–Crippen LogP) is 2.86. The Morgan fingerprint density at radius 1 is 0.941 bits per heavy atom. The average molecular weight is 240 g/mol. The van der Waals surface area contributed by atoms with Crippen LogP contribution in [-0.4, -0.2) is 31.2 Å². The van der Waals surface area contributed by atoms with Crippen LogP contribution in [0.4, 0.5) is 0 Å². The van der Waals surface area contributed by atoms with Crippen molar-refractivity contribution in [3.8, 4) is 0 Å². The van der Waals surface area contributed by atoms with Gasteiger partial charge in [0.15, 0.2) is 0 Å². The van der Waals surface area contributed by atoms with Crippen LogP contribution in [0, 0.1) is 0 Å². The molecule has 0 amide bonds. The summed E-state index contributed by atoms with van der Waals surface area (Å²) in [6, 6.07) is 0. The van der Waals surface area contributed by atoms with Crippen molar-refractivity contribution in [1.82, 2.24) is 0 Å². The molecule has 2 aliphatic rings. The van der Waals surface area contributed by atoms with Gasteiger partial charge in [0, 0.05) is 26.1 Å². The SMILES string of the molecule is O=C(CCCC1CCCO1)CCC1CCCO1. The quantitative estimate of drug-likeness (QED) is 0.686. The summed E-state index contributed by atoms with van der Waals surface area (Å²) in [5, 5.41) is 0. The molecule has 17 heavy (non-hydrogen) atoms. The van der Waals surface area contributed by atoms with Gasteiger partial charge in [0.2, 0.25) is 0 Å². The number of Topliss-reactive ketones (excluding diaryl/α,β-unsaturated/α-hetero) is 1. The number of ketones is 1. The molecule has 0 bridgehead atoms. The Kier molecular flexibility index (Phi) is 5.46. The topological polar surface area (TPSA) is 35.5 Å². The third-order valence-electron chi connectivity index (χ3n) is 3.77. The average Bonchev–Trinajstić information content (AvgIpc) is 2.99. The van der Waals surface area contributed by atoms with E-state index in [0.29, 0.717) is 24.4 Å². The molecule has 0 saturated carbocycles. The summed E-state index contributed by atoms with van der Waals surface area (Å²) in [6.45, 7) is 1.80. The number of carbonyl (C=O) groups is 1. The zero-order valence-corrected chi connectivity index (χ0v) is 10.7. The fraction of sp³-hybridized carbons (Fsp3) is 0.929. The highest BCUT2D eigenvalue weighted by Crippen LogP contribution is 2.20. The number of carbonyl (C=O) groups excluding carboxylic acids is 1. The number of rotatable bonds is 7. The van der Waals surface area contributed by atoms with Crippen molar-refractivity contribution in [1.29, 1.82) is 0 Å². The van der Waals surface area contributed by atoms with Crippen LogP contribution in [0.5, 0.6) is 0 Å². The van der Waals surface area contributed by atoms with Crippen LogP contribution in [0.25, 0.3) is 0 Å². The van der Waals surface area contributed by atoms with E-state index in [1.54, 1.807) is 0 Å². The molecule has 2 unspecified atom stereocenters. The Bertz CT molecular complexity index is 228. The zero-order chi connectivity index (χ0) is 11.9. The smallest absolute Gasteiger partial charge is 0.133 e. The highest BCUT2D eigenvalue weighted by Gasteiger charge is 2.18. The van der Waals surface area contributed by atoms with Crippen molar-refractivity contribution in [3.63, 3.8) is 0 Å². The third-order valence-corrected chi connectivity index (χ3v) is 3.77. The van der Waals surface area contributed by atoms with E-state index in [1.807, 2.05) is 0 Å². The van der Waals surface area contributed by atoms with Gasteiger partial charge in [-0.1, -0.05) is 0 Å². The first-order valence-corrected chi connectivity index (χ1v) is 7.09. The van der Waals surface area contributed by atoms with Gasteiger partial charge in [-0.2, -0.15) is 0 Å². The van der Waals surface area contributed by atoms with Crippen LogP contribution in [0.15, 0.2) is 0 Å². The van der Waals surface area contributed by atoms with E-state index in [1.165, 1.54) is 12.8 Å². The molecule has 2 heterocycles. The maximum absolute atomic E-state index is 11.7. The van der Waals surface area contributed by atoms with Crippen LogP contribution in [0.2, 0.25) is 0 Å². The number of hydrogen-bond donors (Lipinski definition) is 0. The molecule has 3 heteroatoms. The second-order valence-corrected chi connectivity index (χ2v) is 5.24. The summed E-state index contributed by atoms with van der Waals surface area (Å²) in [4.78, 5) is 11.7. The Hall–Kier alpha value is -0.410. The van der Waals surface area contributed by atoms with Crippen molar-refractivity contribution in [2.45, 2.75) is 70.0 Å². The standard InChI is InChI=1S/C14H24O3/c15-12(8-9-14-7-3-11-17-14)4-1-5-13-6-2-10-16-13/h13-14H,1-11H2. The minimum Gasteiger partial charge on any atom is -0.378 e. The lowest BCUT2D eigenvalue weighted by atomic mass is 10.0. The van der Waals surface area contributed by atoms with Crippen LogP contribution in [0.1, 0.15) is 57.8 Å². The van der Waals surface area contributed by atoms with Crippen LogP contribution in [0.3, 0.4) is 0 Å². The fourth-order valence-corrected chi connectivity index (χ4v) is 2.72. The molecule has 0 spiro atoms. The van der Waals surface area contributed by atoms with Gasteiger partial charge in [0.1, 0.15) is 5.78 Å². The lowest BCUT2D eigenvalue weighted by molar-refractivity contribution is -0.119. The van der Waals surface area contributed by atoms with E-state index in [9.17, 15) is 4.79 Å². The van der Waals surface area contributed by atoms with Crippen molar-refractivity contribution >= 4 is 5.78 Å². The maximum atomic E-state index is 11.7. The van der Waals surface area contributed by atoms with Gasteiger partial charge < -0.3 is 9.47 Å². The molecule has 0 N–H and O–H groups in total. The molecule has 0 radical (unpaired) electrons. The molecule has 0 aromatic heterocycles. The lowest BCUT2D eigenvalue weighted by Crippen LogP contribution is -2.10. The molecule has 2 saturated heterocycles. The van der Waals surface area contributed by atoms with Gasteiger partial charge in [-0.25, -0.2) is 0 Å². The lowest BCUT2D eigenvalue weighted by Gasteiger charge is -2.09. The number of hydrogen-bond acceptors (Lipinski definition) is 3. The monoisotopic (exact) mass is 240 g/mol. The van der Waals surface area contributed by atoms with Gasteiger partial charge in [0.05, 0.1) is 12.2 Å². The Morgan fingerprint density at radius 3 is 2.18 bits per heavy atom. The Morgan fingerprint density at radius 2 is 1.59 bits per heavy atom. The summed E-state index contributed by atoms with van der Waals surface area (Å²) in [7, 11) is 0. The summed E-state index contributed by atoms with van der Waals surface area (Å²) in [5.74, 6) is 0.401. The minimum absolute atomic E-state index is 0.358. The molecule has 98 valence electrons. The zero-order valence-electron chi connectivity index (χ0n) is 10.7. The molecular weight excluding hydrogens is 216 g/mol. The molecule has 2 atom stereocenters. The molecule has 0 aromatic carbocycles. The first-order valence-electron chi connectivity index (χ1n) is 7.09. The van der Waals surface area contributed by atoms with E-state index in [-0.39, 0.29) is 0 Å². The van der Waals surface area contributed by atoms with Gasteiger partial charge in [-0.15, -0.1) is 0 Å². The summed E-state index contributed by atoms with van der Waals surface area (Å²) < 4.78 is 11.1. The summed E-state index contributed by atoms with van der Waals surface area (Å²) in [6.07, 6.45) is 9.89. The molecule has 3 nitrogen and oxygen atoms in total. The highest BCUT2D eigenvalue weighted by atomic mass is 16.5. The van der Waals surface area contributed by atoms with E-state index < -0.39 is 0 Å². The highest BCUT2D eigenvalue weighted by molar-refractivity contribution is 5.78. The molecule has 2 fully saturated rings. The normalized spacial score (nSPS) is 28.7. The van der Waals surface area contributed by atoms with Crippen molar-refractivity contribution in [2.75, 3.05) is 13.2 Å². The van der Waals surface area contributed by atoms with Crippen molar-refractivity contribution in [3.05, 3.63) is 0 Å². The molecule has 2 aliphatic heterocycles. The fourth-order valence-electron chi connectivity index (χ4n) is 2.72. The summed E-state index contributed by atoms with van der Waals surface area (Å²) >= 11 is 0. The molecule has 2 rings (SSSR count).